The number of methoxy groups -OCH3 is 1. The highest BCUT2D eigenvalue weighted by atomic mass is 19.1. The summed E-state index contributed by atoms with van der Waals surface area (Å²) in [7, 11) is 1.64. The van der Waals surface area contributed by atoms with Crippen LogP contribution >= 0.6 is 0 Å². The molecule has 0 spiro atoms. The number of benzene rings is 2. The molecule has 0 aliphatic carbocycles. The van der Waals surface area contributed by atoms with Crippen LogP contribution in [0.25, 0.3) is 0 Å². The Morgan fingerprint density at radius 2 is 1.95 bits per heavy atom. The van der Waals surface area contributed by atoms with Gasteiger partial charge in [-0.05, 0) is 54.8 Å². The minimum Gasteiger partial charge on any atom is -0.497 e. The molecule has 2 aromatic rings. The highest BCUT2D eigenvalue weighted by Gasteiger charge is 2.04. The van der Waals surface area contributed by atoms with Crippen LogP contribution in [0.4, 0.5) is 4.39 Å². The van der Waals surface area contributed by atoms with Gasteiger partial charge < -0.3 is 10.1 Å². The Morgan fingerprint density at radius 1 is 1.19 bits per heavy atom. The van der Waals surface area contributed by atoms with Crippen molar-refractivity contribution in [2.24, 2.45) is 0 Å². The van der Waals surface area contributed by atoms with Crippen molar-refractivity contribution < 1.29 is 13.9 Å². The molecule has 0 unspecified atom stereocenters. The lowest BCUT2D eigenvalue weighted by atomic mass is 10.1. The molecule has 0 bridgehead atoms. The normalized spacial score (nSPS) is 10.2. The van der Waals surface area contributed by atoms with Crippen molar-refractivity contribution in [2.75, 3.05) is 13.7 Å². The zero-order valence-electron chi connectivity index (χ0n) is 11.9. The van der Waals surface area contributed by atoms with Crippen molar-refractivity contribution in [3.63, 3.8) is 0 Å². The minimum atomic E-state index is -0.343. The van der Waals surface area contributed by atoms with Crippen LogP contribution in [0.2, 0.25) is 0 Å². The zero-order valence-corrected chi connectivity index (χ0v) is 11.9. The van der Waals surface area contributed by atoms with E-state index < -0.39 is 0 Å². The SMILES string of the molecule is COc1cccc(CCCNC(=O)c2ccc(F)cc2)c1. The summed E-state index contributed by atoms with van der Waals surface area (Å²) in [5.41, 5.74) is 1.64. The van der Waals surface area contributed by atoms with E-state index in [0.29, 0.717) is 12.1 Å². The summed E-state index contributed by atoms with van der Waals surface area (Å²) in [6, 6.07) is 13.4. The highest BCUT2D eigenvalue weighted by molar-refractivity contribution is 5.94. The van der Waals surface area contributed by atoms with Gasteiger partial charge in [0.15, 0.2) is 0 Å². The van der Waals surface area contributed by atoms with Crippen LogP contribution in [0.3, 0.4) is 0 Å². The van der Waals surface area contributed by atoms with Crippen LogP contribution < -0.4 is 10.1 Å². The van der Waals surface area contributed by atoms with Crippen LogP contribution in [-0.4, -0.2) is 19.6 Å². The number of hydrogen-bond acceptors (Lipinski definition) is 2. The van der Waals surface area contributed by atoms with E-state index in [1.807, 2.05) is 24.3 Å². The number of carbonyl (C=O) groups excluding carboxylic acids is 1. The molecule has 0 heterocycles. The van der Waals surface area contributed by atoms with E-state index in [1.165, 1.54) is 29.8 Å². The topological polar surface area (TPSA) is 38.3 Å². The number of amides is 1. The molecule has 0 aromatic heterocycles. The second kappa shape index (κ2) is 7.43. The van der Waals surface area contributed by atoms with Gasteiger partial charge >= 0.3 is 0 Å². The van der Waals surface area contributed by atoms with Gasteiger partial charge in [-0.15, -0.1) is 0 Å². The van der Waals surface area contributed by atoms with Crippen LogP contribution in [0.5, 0.6) is 5.75 Å². The Bertz CT molecular complexity index is 596. The predicted molar refractivity (Wildman–Crippen MR) is 80.0 cm³/mol. The molecule has 0 aliphatic rings. The van der Waals surface area contributed by atoms with Gasteiger partial charge in [0, 0.05) is 12.1 Å². The molecule has 2 aromatic carbocycles. The molecule has 1 amide bonds. The van der Waals surface area contributed by atoms with Crippen molar-refractivity contribution in [3.05, 3.63) is 65.5 Å². The van der Waals surface area contributed by atoms with Crippen LogP contribution in [0.1, 0.15) is 22.3 Å². The number of nitrogens with one attached hydrogen (secondary N) is 1. The van der Waals surface area contributed by atoms with Crippen molar-refractivity contribution in [1.29, 1.82) is 0 Å². The first kappa shape index (κ1) is 15.0. The third-order valence-corrected chi connectivity index (χ3v) is 3.17. The molecule has 0 aliphatic heterocycles. The van der Waals surface area contributed by atoms with E-state index in [0.717, 1.165) is 18.6 Å². The Balaban J connectivity index is 1.76. The van der Waals surface area contributed by atoms with E-state index >= 15 is 0 Å². The third kappa shape index (κ3) is 4.60. The molecule has 2 rings (SSSR count). The summed E-state index contributed by atoms with van der Waals surface area (Å²) < 4.78 is 17.9. The largest absolute Gasteiger partial charge is 0.497 e. The van der Waals surface area contributed by atoms with Gasteiger partial charge in [0.05, 0.1) is 7.11 Å². The molecule has 110 valence electrons. The first-order valence-corrected chi connectivity index (χ1v) is 6.86. The maximum absolute atomic E-state index is 12.8. The van der Waals surface area contributed by atoms with Crippen LogP contribution in [-0.2, 0) is 6.42 Å². The molecule has 0 radical (unpaired) electrons. The molecule has 0 fully saturated rings. The van der Waals surface area contributed by atoms with Gasteiger partial charge in [-0.3, -0.25) is 4.79 Å². The van der Waals surface area contributed by atoms with Gasteiger partial charge in [-0.2, -0.15) is 0 Å². The van der Waals surface area contributed by atoms with Crippen LogP contribution in [0, 0.1) is 5.82 Å². The fraction of sp³-hybridized carbons (Fsp3) is 0.235. The highest BCUT2D eigenvalue weighted by Crippen LogP contribution is 2.13. The van der Waals surface area contributed by atoms with Crippen molar-refractivity contribution in [3.8, 4) is 5.75 Å². The molecule has 0 saturated carbocycles. The van der Waals surface area contributed by atoms with Crippen LogP contribution in [0.15, 0.2) is 48.5 Å². The minimum absolute atomic E-state index is 0.180. The van der Waals surface area contributed by atoms with E-state index in [2.05, 4.69) is 5.32 Å². The number of ether oxygens (including phenoxy) is 1. The van der Waals surface area contributed by atoms with Crippen molar-refractivity contribution >= 4 is 5.91 Å². The zero-order chi connectivity index (χ0) is 15.1. The lowest BCUT2D eigenvalue weighted by Crippen LogP contribution is -2.24. The Labute approximate surface area is 123 Å². The van der Waals surface area contributed by atoms with Gasteiger partial charge in [-0.1, -0.05) is 12.1 Å². The number of hydrogen-bond donors (Lipinski definition) is 1. The summed E-state index contributed by atoms with van der Waals surface area (Å²) in [4.78, 5) is 11.8. The number of aryl methyl sites for hydroxylation is 1. The van der Waals surface area contributed by atoms with Crippen molar-refractivity contribution in [1.82, 2.24) is 5.32 Å². The summed E-state index contributed by atoms with van der Waals surface area (Å²) in [6.45, 7) is 0.577. The maximum Gasteiger partial charge on any atom is 0.251 e. The third-order valence-electron chi connectivity index (χ3n) is 3.17. The van der Waals surface area contributed by atoms with Gasteiger partial charge in [0.25, 0.3) is 5.91 Å². The summed E-state index contributed by atoms with van der Waals surface area (Å²) in [6.07, 6.45) is 1.70. The predicted octanol–water partition coefficient (Wildman–Crippen LogP) is 3.20. The summed E-state index contributed by atoms with van der Waals surface area (Å²) >= 11 is 0. The van der Waals surface area contributed by atoms with E-state index in [-0.39, 0.29) is 11.7 Å². The lowest BCUT2D eigenvalue weighted by molar-refractivity contribution is 0.0953. The number of halogens is 1. The quantitative estimate of drug-likeness (QED) is 0.829. The fourth-order valence-corrected chi connectivity index (χ4v) is 2.03. The Hall–Kier alpha value is -2.36. The molecule has 0 atom stereocenters. The second-order valence-electron chi connectivity index (χ2n) is 4.72. The molecule has 1 N–H and O–H groups in total. The van der Waals surface area contributed by atoms with E-state index in [4.69, 9.17) is 4.74 Å². The second-order valence-corrected chi connectivity index (χ2v) is 4.72. The maximum atomic E-state index is 12.8. The summed E-state index contributed by atoms with van der Waals surface area (Å²) in [5, 5.41) is 2.82. The molecule has 3 nitrogen and oxygen atoms in total. The van der Waals surface area contributed by atoms with Crippen molar-refractivity contribution in [2.45, 2.75) is 12.8 Å². The smallest absolute Gasteiger partial charge is 0.251 e. The number of carbonyl (C=O) groups is 1. The average molecular weight is 287 g/mol. The molecular formula is C17H18FNO2. The first-order valence-electron chi connectivity index (χ1n) is 6.86. The van der Waals surface area contributed by atoms with Gasteiger partial charge in [0.2, 0.25) is 0 Å². The van der Waals surface area contributed by atoms with Gasteiger partial charge in [-0.25, -0.2) is 4.39 Å². The molecule has 4 heteroatoms. The summed E-state index contributed by atoms with van der Waals surface area (Å²) in [5.74, 6) is 0.313. The van der Waals surface area contributed by atoms with E-state index in [1.54, 1.807) is 7.11 Å². The monoisotopic (exact) mass is 287 g/mol. The molecule has 21 heavy (non-hydrogen) atoms. The first-order chi connectivity index (χ1) is 10.2. The standard InChI is InChI=1S/C17H18FNO2/c1-21-16-6-2-4-13(12-16)5-3-11-19-17(20)14-7-9-15(18)10-8-14/h2,4,6-10,12H,3,5,11H2,1H3,(H,19,20). The lowest BCUT2D eigenvalue weighted by Gasteiger charge is -2.06. The number of rotatable bonds is 6. The Morgan fingerprint density at radius 3 is 2.67 bits per heavy atom. The fourth-order valence-electron chi connectivity index (χ4n) is 2.03. The van der Waals surface area contributed by atoms with Gasteiger partial charge in [0.1, 0.15) is 11.6 Å². The average Bonchev–Trinajstić information content (AvgIpc) is 2.52. The Kier molecular flexibility index (Phi) is 5.32. The molecular weight excluding hydrogens is 269 g/mol. The van der Waals surface area contributed by atoms with E-state index in [9.17, 15) is 9.18 Å². The molecule has 0 saturated heterocycles.